The highest BCUT2D eigenvalue weighted by Gasteiger charge is 2.54. The number of para-hydroxylation sites is 4. The fourth-order valence-corrected chi connectivity index (χ4v) is 9.53. The van der Waals surface area contributed by atoms with Crippen LogP contribution < -0.4 is 9.80 Å². The molecule has 0 saturated heterocycles. The van der Waals surface area contributed by atoms with Crippen molar-refractivity contribution in [2.45, 2.75) is 44.9 Å². The van der Waals surface area contributed by atoms with Crippen LogP contribution in [-0.4, -0.2) is 0 Å². The first-order valence-electron chi connectivity index (χ1n) is 19.0. The summed E-state index contributed by atoms with van der Waals surface area (Å²) in [6.45, 7) is 4.66. The van der Waals surface area contributed by atoms with Crippen LogP contribution in [0.2, 0.25) is 0 Å². The van der Waals surface area contributed by atoms with Crippen molar-refractivity contribution in [2.24, 2.45) is 0 Å². The van der Waals surface area contributed by atoms with Crippen molar-refractivity contribution in [1.82, 2.24) is 0 Å². The molecule has 6 aromatic carbocycles. The van der Waals surface area contributed by atoms with Gasteiger partial charge in [0.25, 0.3) is 0 Å². The predicted octanol–water partition coefficient (Wildman–Crippen LogP) is 14.0. The maximum absolute atomic E-state index is 2.57. The lowest BCUT2D eigenvalue weighted by Crippen LogP contribution is -2.29. The van der Waals surface area contributed by atoms with E-state index in [-0.39, 0.29) is 0 Å². The first-order valence-corrected chi connectivity index (χ1v) is 19.0. The van der Waals surface area contributed by atoms with Crippen molar-refractivity contribution < 1.29 is 0 Å². The van der Waals surface area contributed by atoms with Gasteiger partial charge in [-0.3, -0.25) is 0 Å². The van der Waals surface area contributed by atoms with Crippen molar-refractivity contribution in [2.75, 3.05) is 9.80 Å². The van der Waals surface area contributed by atoms with Gasteiger partial charge >= 0.3 is 0 Å². The molecular formula is C51H42N2. The van der Waals surface area contributed by atoms with Crippen LogP contribution in [0.25, 0.3) is 11.1 Å². The Bertz CT molecular complexity index is 2240. The van der Waals surface area contributed by atoms with E-state index in [0.29, 0.717) is 0 Å². The van der Waals surface area contributed by atoms with E-state index in [1.807, 2.05) is 0 Å². The maximum atomic E-state index is 2.57. The van der Waals surface area contributed by atoms with Crippen LogP contribution in [-0.2, 0) is 5.41 Å². The van der Waals surface area contributed by atoms with Gasteiger partial charge in [-0.25, -0.2) is 0 Å². The summed E-state index contributed by atoms with van der Waals surface area (Å²) in [5.41, 5.74) is 21.1. The molecule has 6 aromatic rings. The molecule has 10 rings (SSSR count). The zero-order chi connectivity index (χ0) is 35.5. The van der Waals surface area contributed by atoms with E-state index in [1.165, 1.54) is 55.9 Å². The summed E-state index contributed by atoms with van der Waals surface area (Å²) >= 11 is 0. The number of anilines is 6. The molecule has 2 nitrogen and oxygen atoms in total. The highest BCUT2D eigenvalue weighted by atomic mass is 15.1. The average Bonchev–Trinajstić information content (AvgIpc) is 3.65. The highest BCUT2D eigenvalue weighted by Crippen LogP contribution is 2.66. The summed E-state index contributed by atoms with van der Waals surface area (Å²) in [5, 5.41) is 0. The molecule has 0 bridgehead atoms. The quantitative estimate of drug-likeness (QED) is 0.173. The van der Waals surface area contributed by atoms with Crippen molar-refractivity contribution in [3.05, 3.63) is 214 Å². The van der Waals surface area contributed by atoms with E-state index >= 15 is 0 Å². The normalized spacial score (nSPS) is 16.4. The lowest BCUT2D eigenvalue weighted by atomic mass is 9.66. The number of hydrogen-bond acceptors (Lipinski definition) is 2. The predicted molar refractivity (Wildman–Crippen MR) is 222 cm³/mol. The zero-order valence-electron chi connectivity index (χ0n) is 30.4. The van der Waals surface area contributed by atoms with Crippen LogP contribution in [0.1, 0.15) is 50.7 Å². The summed E-state index contributed by atoms with van der Waals surface area (Å²) in [4.78, 5) is 4.83. The molecule has 0 radical (unpaired) electrons. The number of fused-ring (bicyclic) bond motifs is 8. The van der Waals surface area contributed by atoms with Gasteiger partial charge in [-0.1, -0.05) is 108 Å². The van der Waals surface area contributed by atoms with Crippen LogP contribution in [0.5, 0.6) is 0 Å². The van der Waals surface area contributed by atoms with Gasteiger partial charge < -0.3 is 9.80 Å². The molecular weight excluding hydrogens is 641 g/mol. The van der Waals surface area contributed by atoms with Gasteiger partial charge in [-0.15, -0.1) is 0 Å². The van der Waals surface area contributed by atoms with E-state index in [0.717, 1.165) is 48.4 Å². The van der Waals surface area contributed by atoms with Crippen LogP contribution in [0.4, 0.5) is 34.1 Å². The van der Waals surface area contributed by atoms with Gasteiger partial charge in [-0.05, 0) is 157 Å². The molecule has 4 aliphatic rings. The minimum atomic E-state index is -0.414. The topological polar surface area (TPSA) is 6.48 Å². The highest BCUT2D eigenvalue weighted by molar-refractivity contribution is 5.94. The Morgan fingerprint density at radius 2 is 0.717 bits per heavy atom. The smallest absolute Gasteiger partial charge is 0.0720 e. The van der Waals surface area contributed by atoms with E-state index in [4.69, 9.17) is 0 Å². The van der Waals surface area contributed by atoms with Crippen LogP contribution >= 0.6 is 0 Å². The fourth-order valence-electron chi connectivity index (χ4n) is 9.53. The first kappa shape index (κ1) is 31.6. The lowest BCUT2D eigenvalue weighted by molar-refractivity contribution is 0.752. The second-order valence-electron chi connectivity index (χ2n) is 15.0. The fraction of sp³-hybridized carbons (Fsp3) is 0.137. The van der Waals surface area contributed by atoms with E-state index < -0.39 is 5.41 Å². The van der Waals surface area contributed by atoms with Crippen LogP contribution in [0.15, 0.2) is 203 Å². The molecule has 0 amide bonds. The number of allylic oxidation sites excluding steroid dienone is 8. The molecule has 0 aliphatic heterocycles. The maximum Gasteiger partial charge on any atom is 0.0720 e. The standard InChI is InChI=1S/C51H42N2/c1-35-23-27-43-44-28-24-36(2)32-48(44)51(47(43)31-35)49-33-41(52(37-15-7-3-8-16-37)38-17-9-4-10-18-38)25-29-45(49)46-30-26-42(34-50(46)51)53(39-19-11-5-12-20-39)40-21-13-6-14-22-40/h3-22,25-26,29-34H,23-24,27-28H2,1-2H3. The molecule has 0 aromatic heterocycles. The Kier molecular flexibility index (Phi) is 7.47. The molecule has 4 aliphatic carbocycles. The zero-order valence-corrected chi connectivity index (χ0v) is 30.4. The van der Waals surface area contributed by atoms with Crippen molar-refractivity contribution in [1.29, 1.82) is 0 Å². The van der Waals surface area contributed by atoms with Crippen molar-refractivity contribution in [3.63, 3.8) is 0 Å². The SMILES string of the molecule is CC1=CC2=C(CC1)C1=C(C=C(C)CC1)C21c2cc(N(c3ccccc3)c3ccccc3)ccc2-c2ccc(N(c3ccccc3)c3ccccc3)cc21. The third kappa shape index (κ3) is 4.93. The number of rotatable bonds is 6. The molecule has 0 N–H and O–H groups in total. The number of hydrogen-bond donors (Lipinski definition) is 0. The molecule has 0 fully saturated rings. The second kappa shape index (κ2) is 12.5. The van der Waals surface area contributed by atoms with Gasteiger partial charge in [0.1, 0.15) is 0 Å². The van der Waals surface area contributed by atoms with Gasteiger partial charge in [0.15, 0.2) is 0 Å². The van der Waals surface area contributed by atoms with Gasteiger partial charge in [0.2, 0.25) is 0 Å². The molecule has 0 saturated carbocycles. The summed E-state index contributed by atoms with van der Waals surface area (Å²) in [5.74, 6) is 0. The van der Waals surface area contributed by atoms with Crippen LogP contribution in [0.3, 0.4) is 0 Å². The monoisotopic (exact) mass is 682 g/mol. The molecule has 53 heavy (non-hydrogen) atoms. The summed E-state index contributed by atoms with van der Waals surface area (Å²) in [6, 6.07) is 57.8. The van der Waals surface area contributed by atoms with Crippen LogP contribution in [0, 0.1) is 0 Å². The average molecular weight is 683 g/mol. The van der Waals surface area contributed by atoms with E-state index in [2.05, 4.69) is 194 Å². The third-order valence-electron chi connectivity index (χ3n) is 11.8. The molecule has 256 valence electrons. The number of nitrogens with zero attached hydrogens (tertiary/aromatic N) is 2. The molecule has 0 heterocycles. The second-order valence-corrected chi connectivity index (χ2v) is 15.0. The van der Waals surface area contributed by atoms with Gasteiger partial charge in [-0.2, -0.15) is 0 Å². The Balaban J connectivity index is 1.27. The first-order chi connectivity index (χ1) is 26.1. The Hall–Kier alpha value is -6.12. The largest absolute Gasteiger partial charge is 0.310 e. The molecule has 2 heteroatoms. The molecule has 0 atom stereocenters. The lowest BCUT2D eigenvalue weighted by Gasteiger charge is -2.36. The Morgan fingerprint density at radius 3 is 1.06 bits per heavy atom. The van der Waals surface area contributed by atoms with Gasteiger partial charge in [0.05, 0.1) is 5.41 Å². The molecule has 0 unspecified atom stereocenters. The van der Waals surface area contributed by atoms with Gasteiger partial charge in [0, 0.05) is 34.1 Å². The summed E-state index contributed by atoms with van der Waals surface area (Å²) < 4.78 is 0. The Labute approximate surface area is 313 Å². The Morgan fingerprint density at radius 1 is 0.377 bits per heavy atom. The third-order valence-corrected chi connectivity index (χ3v) is 11.8. The number of benzene rings is 6. The van der Waals surface area contributed by atoms with Crippen molar-refractivity contribution in [3.8, 4) is 11.1 Å². The summed E-state index contributed by atoms with van der Waals surface area (Å²) in [6.07, 6.45) is 9.60. The van der Waals surface area contributed by atoms with E-state index in [9.17, 15) is 0 Å². The summed E-state index contributed by atoms with van der Waals surface area (Å²) in [7, 11) is 0. The molecule has 1 spiro atoms. The van der Waals surface area contributed by atoms with Crippen molar-refractivity contribution >= 4 is 34.1 Å². The minimum absolute atomic E-state index is 0.414. The minimum Gasteiger partial charge on any atom is -0.310 e. The van der Waals surface area contributed by atoms with E-state index in [1.54, 1.807) is 11.1 Å².